The Morgan fingerprint density at radius 3 is 1.35 bits per heavy atom. The first-order chi connectivity index (χ1) is 23.7. The molecular formula is C46H38N2. The zero-order valence-corrected chi connectivity index (χ0v) is 27.4. The SMILES string of the molecule is CCC(C)c1ccc(-c2ccc3c(c2)c2cc(-c4ccc(N(c5ccccc5)c5ccccc5)cc4)ccc2n3-c2ccccc2)cc1. The van der Waals surface area contributed by atoms with Crippen LogP contribution in [0.15, 0.2) is 176 Å². The number of fused-ring (bicyclic) bond motifs is 3. The fraction of sp³-hybridized carbons (Fsp3) is 0.0870. The lowest BCUT2D eigenvalue weighted by Crippen LogP contribution is -2.09. The van der Waals surface area contributed by atoms with Crippen LogP contribution in [0.25, 0.3) is 49.7 Å². The zero-order valence-electron chi connectivity index (χ0n) is 27.4. The Morgan fingerprint density at radius 1 is 0.458 bits per heavy atom. The molecule has 0 amide bonds. The lowest BCUT2D eigenvalue weighted by Gasteiger charge is -2.25. The highest BCUT2D eigenvalue weighted by atomic mass is 15.1. The molecule has 0 aliphatic rings. The summed E-state index contributed by atoms with van der Waals surface area (Å²) >= 11 is 0. The first kappa shape index (κ1) is 29.5. The van der Waals surface area contributed by atoms with E-state index in [9.17, 15) is 0 Å². The van der Waals surface area contributed by atoms with Crippen molar-refractivity contribution in [1.82, 2.24) is 4.57 Å². The van der Waals surface area contributed by atoms with Gasteiger partial charge in [0.25, 0.3) is 0 Å². The molecular weight excluding hydrogens is 581 g/mol. The van der Waals surface area contributed by atoms with Gasteiger partial charge in [0.15, 0.2) is 0 Å². The highest BCUT2D eigenvalue weighted by molar-refractivity contribution is 6.11. The molecule has 2 nitrogen and oxygen atoms in total. The van der Waals surface area contributed by atoms with E-state index >= 15 is 0 Å². The average Bonchev–Trinajstić information content (AvgIpc) is 3.49. The number of nitrogens with zero attached hydrogens (tertiary/aromatic N) is 2. The molecule has 7 aromatic carbocycles. The molecule has 0 N–H and O–H groups in total. The lowest BCUT2D eigenvalue weighted by molar-refractivity contribution is 0.734. The summed E-state index contributed by atoms with van der Waals surface area (Å²) in [6, 6.07) is 63.8. The van der Waals surface area contributed by atoms with Gasteiger partial charge in [-0.3, -0.25) is 0 Å². The van der Waals surface area contributed by atoms with Gasteiger partial charge in [-0.1, -0.05) is 117 Å². The third kappa shape index (κ3) is 5.46. The van der Waals surface area contributed by atoms with Gasteiger partial charge in [-0.25, -0.2) is 0 Å². The van der Waals surface area contributed by atoms with Crippen LogP contribution in [0.5, 0.6) is 0 Å². The molecule has 1 atom stereocenters. The van der Waals surface area contributed by atoms with Crippen LogP contribution in [0.2, 0.25) is 0 Å². The van der Waals surface area contributed by atoms with Crippen LogP contribution in [-0.4, -0.2) is 4.57 Å². The number of aromatic nitrogens is 1. The van der Waals surface area contributed by atoms with E-state index in [-0.39, 0.29) is 0 Å². The molecule has 8 rings (SSSR count). The van der Waals surface area contributed by atoms with Crippen molar-refractivity contribution in [2.45, 2.75) is 26.2 Å². The Morgan fingerprint density at radius 2 is 0.875 bits per heavy atom. The summed E-state index contributed by atoms with van der Waals surface area (Å²) < 4.78 is 2.39. The van der Waals surface area contributed by atoms with Crippen molar-refractivity contribution < 1.29 is 0 Å². The quantitative estimate of drug-likeness (QED) is 0.164. The smallest absolute Gasteiger partial charge is 0.0541 e. The standard InChI is InChI=1S/C46H38N2/c1-3-33(2)34-19-21-35(22-20-34)37-25-29-45-43(31-37)44-32-38(26-30-46(44)48(45)41-17-11-6-12-18-41)36-23-27-42(28-24-36)47(39-13-7-4-8-14-39)40-15-9-5-10-16-40/h4-33H,3H2,1-2H3. The minimum absolute atomic E-state index is 0.567. The van der Waals surface area contributed by atoms with Gasteiger partial charge in [-0.15, -0.1) is 0 Å². The van der Waals surface area contributed by atoms with E-state index in [0.717, 1.165) is 23.5 Å². The molecule has 1 heterocycles. The van der Waals surface area contributed by atoms with Gasteiger partial charge in [0.05, 0.1) is 11.0 Å². The predicted octanol–water partition coefficient (Wildman–Crippen LogP) is 13.1. The van der Waals surface area contributed by atoms with Crippen LogP contribution in [0, 0.1) is 0 Å². The van der Waals surface area contributed by atoms with E-state index in [1.165, 1.54) is 55.3 Å². The molecule has 0 aliphatic heterocycles. The van der Waals surface area contributed by atoms with Crippen molar-refractivity contribution in [1.29, 1.82) is 0 Å². The van der Waals surface area contributed by atoms with Gasteiger partial charge >= 0.3 is 0 Å². The molecule has 0 spiro atoms. The van der Waals surface area contributed by atoms with Crippen molar-refractivity contribution in [3.8, 4) is 27.9 Å². The van der Waals surface area contributed by atoms with Gasteiger partial charge in [0, 0.05) is 33.5 Å². The van der Waals surface area contributed by atoms with E-state index in [0.29, 0.717) is 5.92 Å². The van der Waals surface area contributed by atoms with Crippen LogP contribution < -0.4 is 4.90 Å². The normalized spacial score (nSPS) is 12.0. The molecule has 48 heavy (non-hydrogen) atoms. The molecule has 0 bridgehead atoms. The molecule has 0 saturated carbocycles. The molecule has 2 heteroatoms. The minimum Gasteiger partial charge on any atom is -0.311 e. The predicted molar refractivity (Wildman–Crippen MR) is 205 cm³/mol. The van der Waals surface area contributed by atoms with E-state index in [4.69, 9.17) is 0 Å². The molecule has 1 unspecified atom stereocenters. The van der Waals surface area contributed by atoms with E-state index in [1.54, 1.807) is 0 Å². The van der Waals surface area contributed by atoms with Crippen molar-refractivity contribution >= 4 is 38.9 Å². The van der Waals surface area contributed by atoms with Gasteiger partial charge in [-0.05, 0) is 113 Å². The van der Waals surface area contributed by atoms with Gasteiger partial charge in [0.2, 0.25) is 0 Å². The molecule has 0 saturated heterocycles. The van der Waals surface area contributed by atoms with Crippen molar-refractivity contribution in [2.75, 3.05) is 4.90 Å². The fourth-order valence-electron chi connectivity index (χ4n) is 6.88. The van der Waals surface area contributed by atoms with E-state index in [2.05, 4.69) is 199 Å². The highest BCUT2D eigenvalue weighted by Gasteiger charge is 2.16. The lowest BCUT2D eigenvalue weighted by atomic mass is 9.95. The monoisotopic (exact) mass is 618 g/mol. The van der Waals surface area contributed by atoms with Crippen molar-refractivity contribution in [3.05, 3.63) is 181 Å². The molecule has 232 valence electrons. The number of hydrogen-bond acceptors (Lipinski definition) is 1. The Bertz CT molecular complexity index is 2260. The summed E-state index contributed by atoms with van der Waals surface area (Å²) in [6.07, 6.45) is 1.15. The van der Waals surface area contributed by atoms with Crippen molar-refractivity contribution in [3.63, 3.8) is 0 Å². The van der Waals surface area contributed by atoms with Crippen LogP contribution in [-0.2, 0) is 0 Å². The van der Waals surface area contributed by atoms with Crippen LogP contribution in [0.1, 0.15) is 31.7 Å². The molecule has 0 fully saturated rings. The van der Waals surface area contributed by atoms with E-state index < -0.39 is 0 Å². The second-order valence-corrected chi connectivity index (χ2v) is 12.6. The largest absolute Gasteiger partial charge is 0.311 e. The summed E-state index contributed by atoms with van der Waals surface area (Å²) in [5.41, 5.74) is 13.3. The Balaban J connectivity index is 1.23. The molecule has 0 aliphatic carbocycles. The maximum absolute atomic E-state index is 2.39. The van der Waals surface area contributed by atoms with Gasteiger partial charge < -0.3 is 9.47 Å². The first-order valence-corrected chi connectivity index (χ1v) is 16.9. The topological polar surface area (TPSA) is 8.17 Å². The summed E-state index contributed by atoms with van der Waals surface area (Å²) in [6.45, 7) is 4.55. The number of benzene rings is 7. The second kappa shape index (κ2) is 12.7. The summed E-state index contributed by atoms with van der Waals surface area (Å²) in [5, 5.41) is 2.51. The number of para-hydroxylation sites is 3. The Kier molecular flexibility index (Phi) is 7.84. The highest BCUT2D eigenvalue weighted by Crippen LogP contribution is 2.39. The summed E-state index contributed by atoms with van der Waals surface area (Å²) in [5.74, 6) is 0.567. The maximum Gasteiger partial charge on any atom is 0.0541 e. The van der Waals surface area contributed by atoms with Crippen LogP contribution in [0.3, 0.4) is 0 Å². The van der Waals surface area contributed by atoms with Crippen LogP contribution in [0.4, 0.5) is 17.1 Å². The average molecular weight is 619 g/mol. The third-order valence-corrected chi connectivity index (χ3v) is 9.69. The zero-order chi connectivity index (χ0) is 32.5. The number of rotatable bonds is 8. The minimum atomic E-state index is 0.567. The Hall–Kier alpha value is -5.86. The maximum atomic E-state index is 2.39. The molecule has 8 aromatic rings. The summed E-state index contributed by atoms with van der Waals surface area (Å²) in [7, 11) is 0. The fourth-order valence-corrected chi connectivity index (χ4v) is 6.88. The molecule has 0 radical (unpaired) electrons. The van der Waals surface area contributed by atoms with Gasteiger partial charge in [-0.2, -0.15) is 0 Å². The van der Waals surface area contributed by atoms with E-state index in [1.807, 2.05) is 0 Å². The van der Waals surface area contributed by atoms with Crippen LogP contribution >= 0.6 is 0 Å². The number of anilines is 3. The second-order valence-electron chi connectivity index (χ2n) is 12.6. The molecule has 1 aromatic heterocycles. The Labute approximate surface area is 283 Å². The van der Waals surface area contributed by atoms with Gasteiger partial charge in [0.1, 0.15) is 0 Å². The summed E-state index contributed by atoms with van der Waals surface area (Å²) in [4.78, 5) is 2.30. The van der Waals surface area contributed by atoms with Crippen molar-refractivity contribution in [2.24, 2.45) is 0 Å². The third-order valence-electron chi connectivity index (χ3n) is 9.69. The first-order valence-electron chi connectivity index (χ1n) is 16.9. The number of hydrogen-bond donors (Lipinski definition) is 0.